The molecule has 1 aromatic carbocycles. The molecule has 0 amide bonds. The minimum atomic E-state index is 0.0809. The molecule has 1 atom stereocenters. The molecule has 5 nitrogen and oxygen atoms in total. The highest BCUT2D eigenvalue weighted by Crippen LogP contribution is 2.35. The molecular weight excluding hydrogens is 320 g/mol. The van der Waals surface area contributed by atoms with Crippen molar-refractivity contribution in [2.24, 2.45) is 0 Å². The zero-order chi connectivity index (χ0) is 16.9. The van der Waals surface area contributed by atoms with E-state index < -0.39 is 0 Å². The number of unbranched alkanes of at least 4 members (excludes halogenated alkanes) is 3. The first-order valence-corrected chi connectivity index (χ1v) is 9.49. The SMILES string of the molecule is CCCCCCn1c(SC(C)c2nc(C)no2)nc2ccccc21. The molecule has 0 aliphatic rings. The monoisotopic (exact) mass is 344 g/mol. The Labute approximate surface area is 146 Å². The quantitative estimate of drug-likeness (QED) is 0.417. The maximum Gasteiger partial charge on any atom is 0.239 e. The van der Waals surface area contributed by atoms with Gasteiger partial charge in [-0.15, -0.1) is 0 Å². The van der Waals surface area contributed by atoms with Crippen molar-refractivity contribution in [3.8, 4) is 0 Å². The minimum absolute atomic E-state index is 0.0809. The van der Waals surface area contributed by atoms with E-state index >= 15 is 0 Å². The minimum Gasteiger partial charge on any atom is -0.338 e. The highest BCUT2D eigenvalue weighted by atomic mass is 32.2. The van der Waals surface area contributed by atoms with Crippen LogP contribution in [-0.4, -0.2) is 19.7 Å². The fraction of sp³-hybridized carbons (Fsp3) is 0.500. The molecular formula is C18H24N4OS. The highest BCUT2D eigenvalue weighted by molar-refractivity contribution is 7.99. The Bertz CT molecular complexity index is 795. The fourth-order valence-corrected chi connectivity index (χ4v) is 3.72. The van der Waals surface area contributed by atoms with Crippen LogP contribution in [0.3, 0.4) is 0 Å². The van der Waals surface area contributed by atoms with Crippen LogP contribution in [0.5, 0.6) is 0 Å². The second-order valence-electron chi connectivity index (χ2n) is 6.04. The maximum atomic E-state index is 5.31. The Morgan fingerprint density at radius 2 is 2.00 bits per heavy atom. The first-order chi connectivity index (χ1) is 11.7. The highest BCUT2D eigenvalue weighted by Gasteiger charge is 2.19. The summed E-state index contributed by atoms with van der Waals surface area (Å²) >= 11 is 1.68. The van der Waals surface area contributed by atoms with Gasteiger partial charge in [0.15, 0.2) is 11.0 Å². The molecule has 0 radical (unpaired) electrons. The van der Waals surface area contributed by atoms with E-state index in [0.29, 0.717) is 11.7 Å². The molecule has 0 saturated carbocycles. The lowest BCUT2D eigenvalue weighted by Crippen LogP contribution is -2.01. The van der Waals surface area contributed by atoms with Gasteiger partial charge in [-0.3, -0.25) is 0 Å². The lowest BCUT2D eigenvalue weighted by molar-refractivity contribution is 0.376. The van der Waals surface area contributed by atoms with Gasteiger partial charge in [0.1, 0.15) is 0 Å². The predicted molar refractivity (Wildman–Crippen MR) is 97.2 cm³/mol. The zero-order valence-electron chi connectivity index (χ0n) is 14.5. The zero-order valence-corrected chi connectivity index (χ0v) is 15.3. The van der Waals surface area contributed by atoms with E-state index in [2.05, 4.69) is 46.8 Å². The molecule has 0 aliphatic carbocycles. The fourth-order valence-electron chi connectivity index (χ4n) is 2.74. The smallest absolute Gasteiger partial charge is 0.239 e. The molecule has 0 spiro atoms. The molecule has 0 aliphatic heterocycles. The summed E-state index contributed by atoms with van der Waals surface area (Å²) < 4.78 is 7.64. The number of hydrogen-bond donors (Lipinski definition) is 0. The van der Waals surface area contributed by atoms with Crippen LogP contribution in [0.1, 0.15) is 56.5 Å². The molecule has 6 heteroatoms. The van der Waals surface area contributed by atoms with E-state index in [9.17, 15) is 0 Å². The second-order valence-corrected chi connectivity index (χ2v) is 7.34. The summed E-state index contributed by atoms with van der Waals surface area (Å²) in [5, 5.41) is 4.99. The third kappa shape index (κ3) is 3.80. The number of thioether (sulfide) groups is 1. The van der Waals surface area contributed by atoms with Crippen LogP contribution in [0.4, 0.5) is 0 Å². The number of para-hydroxylation sites is 2. The molecule has 24 heavy (non-hydrogen) atoms. The van der Waals surface area contributed by atoms with Crippen molar-refractivity contribution in [1.29, 1.82) is 0 Å². The Morgan fingerprint density at radius 3 is 2.75 bits per heavy atom. The maximum absolute atomic E-state index is 5.31. The Kier molecular flexibility index (Phi) is 5.56. The number of rotatable bonds is 8. The summed E-state index contributed by atoms with van der Waals surface area (Å²) in [6.07, 6.45) is 4.97. The number of fused-ring (bicyclic) bond motifs is 1. The number of aromatic nitrogens is 4. The van der Waals surface area contributed by atoms with Gasteiger partial charge < -0.3 is 9.09 Å². The van der Waals surface area contributed by atoms with Gasteiger partial charge in [0.05, 0.1) is 16.3 Å². The largest absolute Gasteiger partial charge is 0.338 e. The summed E-state index contributed by atoms with van der Waals surface area (Å²) in [7, 11) is 0. The van der Waals surface area contributed by atoms with Crippen molar-refractivity contribution in [2.75, 3.05) is 0 Å². The average molecular weight is 344 g/mol. The summed E-state index contributed by atoms with van der Waals surface area (Å²) in [6.45, 7) is 7.16. The number of hydrogen-bond acceptors (Lipinski definition) is 5. The van der Waals surface area contributed by atoms with Gasteiger partial charge >= 0.3 is 0 Å². The van der Waals surface area contributed by atoms with E-state index in [0.717, 1.165) is 17.2 Å². The van der Waals surface area contributed by atoms with Crippen LogP contribution < -0.4 is 0 Å². The second kappa shape index (κ2) is 7.83. The van der Waals surface area contributed by atoms with Crippen molar-refractivity contribution < 1.29 is 4.52 Å². The number of benzene rings is 1. The lowest BCUT2D eigenvalue weighted by Gasteiger charge is -2.10. The Hall–Kier alpha value is -1.82. The summed E-state index contributed by atoms with van der Waals surface area (Å²) in [4.78, 5) is 9.16. The van der Waals surface area contributed by atoms with E-state index in [1.807, 2.05) is 13.0 Å². The Balaban J connectivity index is 1.82. The molecule has 0 saturated heterocycles. The van der Waals surface area contributed by atoms with E-state index in [1.165, 1.54) is 31.2 Å². The van der Waals surface area contributed by atoms with Gasteiger partial charge in [-0.25, -0.2) is 4.98 Å². The standard InChI is InChI=1S/C18H24N4OS/c1-4-5-6-9-12-22-16-11-8-7-10-15(16)20-18(22)24-13(2)17-19-14(3)21-23-17/h7-8,10-11,13H,4-6,9,12H2,1-3H3. The molecule has 1 unspecified atom stereocenters. The van der Waals surface area contributed by atoms with Crippen molar-refractivity contribution in [3.05, 3.63) is 36.0 Å². The van der Waals surface area contributed by atoms with Crippen LogP contribution in [0.25, 0.3) is 11.0 Å². The molecule has 0 N–H and O–H groups in total. The molecule has 2 heterocycles. The van der Waals surface area contributed by atoms with Crippen LogP contribution in [0.2, 0.25) is 0 Å². The molecule has 3 rings (SSSR count). The van der Waals surface area contributed by atoms with Gasteiger partial charge in [-0.05, 0) is 32.4 Å². The predicted octanol–water partition coefficient (Wildman–Crippen LogP) is 5.16. The van der Waals surface area contributed by atoms with E-state index in [-0.39, 0.29) is 5.25 Å². The summed E-state index contributed by atoms with van der Waals surface area (Å²) in [6, 6.07) is 8.33. The van der Waals surface area contributed by atoms with Gasteiger partial charge in [0.25, 0.3) is 0 Å². The van der Waals surface area contributed by atoms with Crippen molar-refractivity contribution in [2.45, 2.75) is 63.4 Å². The third-order valence-corrected chi connectivity index (χ3v) is 5.11. The van der Waals surface area contributed by atoms with Crippen molar-refractivity contribution >= 4 is 22.8 Å². The number of nitrogens with zero attached hydrogens (tertiary/aromatic N) is 4. The topological polar surface area (TPSA) is 56.7 Å². The third-order valence-electron chi connectivity index (χ3n) is 4.03. The molecule has 128 valence electrons. The van der Waals surface area contributed by atoms with Crippen molar-refractivity contribution in [1.82, 2.24) is 19.7 Å². The number of imidazole rings is 1. The van der Waals surface area contributed by atoms with Crippen molar-refractivity contribution in [3.63, 3.8) is 0 Å². The van der Waals surface area contributed by atoms with Gasteiger partial charge in [-0.2, -0.15) is 4.98 Å². The number of aryl methyl sites for hydroxylation is 2. The van der Waals surface area contributed by atoms with Crippen LogP contribution in [0, 0.1) is 6.92 Å². The molecule has 2 aromatic heterocycles. The summed E-state index contributed by atoms with van der Waals surface area (Å²) in [5.74, 6) is 1.33. The van der Waals surface area contributed by atoms with Crippen LogP contribution in [-0.2, 0) is 6.54 Å². The Morgan fingerprint density at radius 1 is 1.17 bits per heavy atom. The van der Waals surface area contributed by atoms with Crippen LogP contribution >= 0.6 is 11.8 Å². The normalized spacial score (nSPS) is 12.8. The average Bonchev–Trinajstić information content (AvgIpc) is 3.15. The van der Waals surface area contributed by atoms with E-state index in [4.69, 9.17) is 9.51 Å². The van der Waals surface area contributed by atoms with Crippen LogP contribution in [0.15, 0.2) is 33.9 Å². The molecule has 3 aromatic rings. The van der Waals surface area contributed by atoms with Gasteiger partial charge in [0.2, 0.25) is 5.89 Å². The lowest BCUT2D eigenvalue weighted by atomic mass is 10.2. The first kappa shape index (κ1) is 17.0. The molecule has 0 fully saturated rings. The first-order valence-electron chi connectivity index (χ1n) is 8.61. The summed E-state index contributed by atoms with van der Waals surface area (Å²) in [5.41, 5.74) is 2.25. The van der Waals surface area contributed by atoms with E-state index in [1.54, 1.807) is 11.8 Å². The van der Waals surface area contributed by atoms with Gasteiger partial charge in [-0.1, -0.05) is 55.2 Å². The van der Waals surface area contributed by atoms with Gasteiger partial charge in [0, 0.05) is 6.54 Å². The molecule has 0 bridgehead atoms.